The number of fused-ring (bicyclic) bond motifs is 1. The maximum atomic E-state index is 5.72. The lowest BCUT2D eigenvalue weighted by molar-refractivity contribution is -0.0319. The molecule has 1 heterocycles. The van der Waals surface area contributed by atoms with Crippen LogP contribution in [0.25, 0.3) is 5.57 Å². The zero-order chi connectivity index (χ0) is 12.1. The first kappa shape index (κ1) is 12.2. The third kappa shape index (κ3) is 2.89. The zero-order valence-corrected chi connectivity index (χ0v) is 10.4. The summed E-state index contributed by atoms with van der Waals surface area (Å²) >= 11 is 0. The van der Waals surface area contributed by atoms with Crippen LogP contribution in [0.5, 0.6) is 5.75 Å². The molecule has 1 aromatic carbocycles. The van der Waals surface area contributed by atoms with E-state index in [-0.39, 0.29) is 6.29 Å². The average Bonchev–Trinajstić information content (AvgIpc) is 2.67. The highest BCUT2D eigenvalue weighted by molar-refractivity contribution is 5.74. The summed E-state index contributed by atoms with van der Waals surface area (Å²) in [4.78, 5) is 0. The van der Waals surface area contributed by atoms with Crippen LogP contribution in [0.15, 0.2) is 30.8 Å². The highest BCUT2D eigenvalue weighted by Crippen LogP contribution is 2.36. The minimum absolute atomic E-state index is 0.283. The second-order valence-electron chi connectivity index (χ2n) is 4.40. The fourth-order valence-corrected chi connectivity index (χ4v) is 2.00. The van der Waals surface area contributed by atoms with Gasteiger partial charge in [-0.1, -0.05) is 51.0 Å². The summed E-state index contributed by atoms with van der Waals surface area (Å²) in [5.41, 5.74) is 2.02. The number of para-hydroxylation sites is 1. The van der Waals surface area contributed by atoms with E-state index in [4.69, 9.17) is 9.47 Å². The van der Waals surface area contributed by atoms with Crippen LogP contribution in [0, 0.1) is 0 Å². The first-order chi connectivity index (χ1) is 8.33. The lowest BCUT2D eigenvalue weighted by atomic mass is 10.1. The fourth-order valence-electron chi connectivity index (χ4n) is 2.00. The number of benzene rings is 1. The van der Waals surface area contributed by atoms with Crippen molar-refractivity contribution in [3.8, 4) is 5.75 Å². The highest BCUT2D eigenvalue weighted by Gasteiger charge is 2.26. The van der Waals surface area contributed by atoms with Crippen molar-refractivity contribution in [2.45, 2.75) is 38.9 Å². The molecule has 0 fully saturated rings. The molecule has 1 unspecified atom stereocenters. The van der Waals surface area contributed by atoms with Crippen LogP contribution < -0.4 is 4.74 Å². The van der Waals surface area contributed by atoms with Gasteiger partial charge in [0.2, 0.25) is 6.29 Å². The SMILES string of the molecule is C=C1c2ccccc2OC1OCCCCCC. The van der Waals surface area contributed by atoms with Gasteiger partial charge in [-0.25, -0.2) is 0 Å². The Morgan fingerprint density at radius 2 is 2.06 bits per heavy atom. The first-order valence-electron chi connectivity index (χ1n) is 6.39. The van der Waals surface area contributed by atoms with Crippen molar-refractivity contribution in [1.82, 2.24) is 0 Å². The van der Waals surface area contributed by atoms with Gasteiger partial charge in [0, 0.05) is 11.1 Å². The summed E-state index contributed by atoms with van der Waals surface area (Å²) in [6, 6.07) is 7.95. The minimum Gasteiger partial charge on any atom is -0.460 e. The Hall–Kier alpha value is -1.28. The van der Waals surface area contributed by atoms with E-state index in [0.717, 1.165) is 29.9 Å². The molecule has 1 aromatic rings. The van der Waals surface area contributed by atoms with E-state index in [1.54, 1.807) is 0 Å². The van der Waals surface area contributed by atoms with Crippen molar-refractivity contribution in [2.24, 2.45) is 0 Å². The molecule has 1 atom stereocenters. The Bertz CT molecular complexity index is 384. The second-order valence-corrected chi connectivity index (χ2v) is 4.40. The number of ether oxygens (including phenoxy) is 2. The molecule has 0 spiro atoms. The topological polar surface area (TPSA) is 18.5 Å². The van der Waals surface area contributed by atoms with Crippen molar-refractivity contribution in [1.29, 1.82) is 0 Å². The van der Waals surface area contributed by atoms with Gasteiger partial charge < -0.3 is 9.47 Å². The van der Waals surface area contributed by atoms with Gasteiger partial charge >= 0.3 is 0 Å². The number of rotatable bonds is 6. The Morgan fingerprint density at radius 1 is 1.24 bits per heavy atom. The Balaban J connectivity index is 1.80. The molecular formula is C15H20O2. The van der Waals surface area contributed by atoms with Crippen molar-refractivity contribution >= 4 is 5.57 Å². The first-order valence-corrected chi connectivity index (χ1v) is 6.39. The van der Waals surface area contributed by atoms with Gasteiger partial charge in [-0.15, -0.1) is 0 Å². The number of unbranched alkanes of at least 4 members (excludes halogenated alkanes) is 3. The smallest absolute Gasteiger partial charge is 0.226 e. The van der Waals surface area contributed by atoms with Gasteiger partial charge in [0.15, 0.2) is 0 Å². The third-order valence-corrected chi connectivity index (χ3v) is 3.02. The monoisotopic (exact) mass is 232 g/mol. The molecule has 2 rings (SSSR count). The van der Waals surface area contributed by atoms with Gasteiger partial charge in [0.1, 0.15) is 5.75 Å². The van der Waals surface area contributed by atoms with Gasteiger partial charge in [-0.2, -0.15) is 0 Å². The van der Waals surface area contributed by atoms with Crippen LogP contribution >= 0.6 is 0 Å². The molecule has 0 radical (unpaired) electrons. The van der Waals surface area contributed by atoms with Crippen LogP contribution in [0.1, 0.15) is 38.2 Å². The second kappa shape index (κ2) is 5.87. The number of hydrogen-bond donors (Lipinski definition) is 0. The molecule has 0 aliphatic carbocycles. The van der Waals surface area contributed by atoms with E-state index >= 15 is 0 Å². The normalized spacial score (nSPS) is 17.9. The predicted molar refractivity (Wildman–Crippen MR) is 70.0 cm³/mol. The Kier molecular flexibility index (Phi) is 4.21. The summed E-state index contributed by atoms with van der Waals surface area (Å²) in [5.74, 6) is 0.885. The van der Waals surface area contributed by atoms with Crippen molar-refractivity contribution in [3.05, 3.63) is 36.4 Å². The largest absolute Gasteiger partial charge is 0.460 e. The molecule has 1 aliphatic rings. The van der Waals surface area contributed by atoms with E-state index in [2.05, 4.69) is 13.5 Å². The molecule has 0 amide bonds. The van der Waals surface area contributed by atoms with Crippen LogP contribution in [-0.2, 0) is 4.74 Å². The summed E-state index contributed by atoms with van der Waals surface area (Å²) in [5, 5.41) is 0. The summed E-state index contributed by atoms with van der Waals surface area (Å²) in [6.07, 6.45) is 4.56. The Morgan fingerprint density at radius 3 is 2.82 bits per heavy atom. The molecule has 0 saturated heterocycles. The van der Waals surface area contributed by atoms with E-state index in [9.17, 15) is 0 Å². The van der Waals surface area contributed by atoms with Crippen molar-refractivity contribution in [3.63, 3.8) is 0 Å². The molecule has 17 heavy (non-hydrogen) atoms. The van der Waals surface area contributed by atoms with Crippen molar-refractivity contribution in [2.75, 3.05) is 6.61 Å². The fraction of sp³-hybridized carbons (Fsp3) is 0.467. The van der Waals surface area contributed by atoms with Gasteiger partial charge in [0.05, 0.1) is 6.61 Å². The van der Waals surface area contributed by atoms with Gasteiger partial charge in [-0.3, -0.25) is 0 Å². The average molecular weight is 232 g/mol. The molecule has 0 N–H and O–H groups in total. The summed E-state index contributed by atoms with van der Waals surface area (Å²) < 4.78 is 11.4. The third-order valence-electron chi connectivity index (χ3n) is 3.02. The summed E-state index contributed by atoms with van der Waals surface area (Å²) in [6.45, 7) is 7.00. The molecule has 2 heteroatoms. The van der Waals surface area contributed by atoms with E-state index in [1.807, 2.05) is 24.3 Å². The number of hydrogen-bond acceptors (Lipinski definition) is 2. The van der Waals surface area contributed by atoms with E-state index in [0.29, 0.717) is 0 Å². The van der Waals surface area contributed by atoms with Gasteiger partial charge in [-0.05, 0) is 12.5 Å². The molecule has 1 aliphatic heterocycles. The molecule has 0 bridgehead atoms. The van der Waals surface area contributed by atoms with Crippen LogP contribution in [0.3, 0.4) is 0 Å². The lowest BCUT2D eigenvalue weighted by Crippen LogP contribution is -2.17. The van der Waals surface area contributed by atoms with Crippen LogP contribution in [0.4, 0.5) is 0 Å². The van der Waals surface area contributed by atoms with Gasteiger partial charge in [0.25, 0.3) is 0 Å². The van der Waals surface area contributed by atoms with E-state index in [1.165, 1.54) is 19.3 Å². The molecular weight excluding hydrogens is 212 g/mol. The quantitative estimate of drug-likeness (QED) is 0.690. The standard InChI is InChI=1S/C15H20O2/c1-3-4-5-8-11-16-15-12(2)13-9-6-7-10-14(13)17-15/h6-7,9-10,15H,2-5,8,11H2,1H3. The minimum atomic E-state index is -0.283. The molecule has 92 valence electrons. The van der Waals surface area contributed by atoms with Crippen LogP contribution in [0.2, 0.25) is 0 Å². The van der Waals surface area contributed by atoms with Crippen molar-refractivity contribution < 1.29 is 9.47 Å². The maximum absolute atomic E-state index is 5.72. The zero-order valence-electron chi connectivity index (χ0n) is 10.4. The highest BCUT2D eigenvalue weighted by atomic mass is 16.7. The summed E-state index contributed by atoms with van der Waals surface area (Å²) in [7, 11) is 0. The predicted octanol–water partition coefficient (Wildman–Crippen LogP) is 4.02. The van der Waals surface area contributed by atoms with E-state index < -0.39 is 0 Å². The Labute approximate surface area is 103 Å². The molecule has 2 nitrogen and oxygen atoms in total. The van der Waals surface area contributed by atoms with Crippen LogP contribution in [-0.4, -0.2) is 12.9 Å². The molecule has 0 saturated carbocycles. The lowest BCUT2D eigenvalue weighted by Gasteiger charge is -2.12. The molecule has 0 aromatic heterocycles. The maximum Gasteiger partial charge on any atom is 0.226 e.